The van der Waals surface area contributed by atoms with E-state index in [1.165, 1.54) is 11.1 Å². The van der Waals surface area contributed by atoms with Crippen molar-refractivity contribution in [3.05, 3.63) is 23.3 Å². The molecule has 2 N–H and O–H groups in total. The van der Waals surface area contributed by atoms with Gasteiger partial charge in [-0.05, 0) is 30.0 Å². The van der Waals surface area contributed by atoms with Crippen molar-refractivity contribution in [2.45, 2.75) is 40.5 Å². The summed E-state index contributed by atoms with van der Waals surface area (Å²) in [5, 5.41) is 0. The molecule has 15 heavy (non-hydrogen) atoms. The summed E-state index contributed by atoms with van der Waals surface area (Å²) < 4.78 is 5.27. The molecule has 0 spiro atoms. The summed E-state index contributed by atoms with van der Waals surface area (Å²) in [5.74, 6) is 1.26. The highest BCUT2D eigenvalue weighted by atomic mass is 16.5. The van der Waals surface area contributed by atoms with Crippen LogP contribution >= 0.6 is 0 Å². The molecular formula is C13H23NO. The quantitative estimate of drug-likeness (QED) is 0.753. The molecule has 1 aromatic carbocycles. The zero-order chi connectivity index (χ0) is 12.0. The van der Waals surface area contributed by atoms with Gasteiger partial charge >= 0.3 is 0 Å². The van der Waals surface area contributed by atoms with Crippen molar-refractivity contribution in [3.8, 4) is 5.75 Å². The molecule has 0 fully saturated rings. The number of hydrogen-bond acceptors (Lipinski definition) is 2. The Hall–Kier alpha value is -1.18. The molecule has 0 radical (unpaired) electrons. The van der Waals surface area contributed by atoms with Crippen molar-refractivity contribution in [3.63, 3.8) is 0 Å². The molecule has 0 aromatic heterocycles. The first-order valence-corrected chi connectivity index (χ1v) is 5.50. The molecule has 0 aliphatic rings. The molecule has 0 aliphatic heterocycles. The Morgan fingerprint density at radius 2 is 1.73 bits per heavy atom. The van der Waals surface area contributed by atoms with Crippen molar-refractivity contribution in [1.82, 2.24) is 0 Å². The number of ether oxygens (including phenoxy) is 1. The van der Waals surface area contributed by atoms with E-state index in [9.17, 15) is 0 Å². The molecule has 0 unspecified atom stereocenters. The van der Waals surface area contributed by atoms with Crippen LogP contribution in [0.25, 0.3) is 0 Å². The predicted octanol–water partition coefficient (Wildman–Crippen LogP) is 3.74. The summed E-state index contributed by atoms with van der Waals surface area (Å²) in [6.07, 6.45) is 0. The lowest BCUT2D eigenvalue weighted by Crippen LogP contribution is -1.99. The summed E-state index contributed by atoms with van der Waals surface area (Å²) in [6, 6.07) is 4.06. The van der Waals surface area contributed by atoms with Gasteiger partial charge in [0.05, 0.1) is 12.8 Å². The van der Waals surface area contributed by atoms with Gasteiger partial charge in [-0.2, -0.15) is 0 Å². The molecule has 0 amide bonds. The van der Waals surface area contributed by atoms with Crippen molar-refractivity contribution < 1.29 is 4.74 Å². The summed E-state index contributed by atoms with van der Waals surface area (Å²) in [4.78, 5) is 0. The summed E-state index contributed by atoms with van der Waals surface area (Å²) >= 11 is 0. The second kappa shape index (κ2) is 6.33. The number of benzene rings is 1. The molecule has 86 valence electrons. The lowest BCUT2D eigenvalue weighted by molar-refractivity contribution is 0.409. The molecule has 0 saturated carbocycles. The fourth-order valence-electron chi connectivity index (χ4n) is 1.49. The standard InChI is InChI=1S/C11H17NO.C2H6/c1-7(2)9-5-8(3)6-10(12)11(9)13-4;1-2/h5-7H,12H2,1-4H3;1-2H3. The van der Waals surface area contributed by atoms with Crippen molar-refractivity contribution >= 4 is 5.69 Å². The van der Waals surface area contributed by atoms with Gasteiger partial charge in [-0.1, -0.05) is 33.8 Å². The topological polar surface area (TPSA) is 35.2 Å². The largest absolute Gasteiger partial charge is 0.494 e. The molecule has 0 atom stereocenters. The number of rotatable bonds is 2. The monoisotopic (exact) mass is 209 g/mol. The first-order chi connectivity index (χ1) is 7.06. The van der Waals surface area contributed by atoms with E-state index < -0.39 is 0 Å². The van der Waals surface area contributed by atoms with Crippen molar-refractivity contribution in [2.24, 2.45) is 0 Å². The first-order valence-electron chi connectivity index (χ1n) is 5.50. The van der Waals surface area contributed by atoms with Crippen molar-refractivity contribution in [1.29, 1.82) is 0 Å². The third-order valence-electron chi connectivity index (χ3n) is 2.12. The van der Waals surface area contributed by atoms with Crippen LogP contribution in [-0.2, 0) is 0 Å². The van der Waals surface area contributed by atoms with E-state index in [1.54, 1.807) is 7.11 Å². The minimum Gasteiger partial charge on any atom is -0.494 e. The number of hydrogen-bond donors (Lipinski definition) is 1. The number of methoxy groups -OCH3 is 1. The Balaban J connectivity index is 0.000000921. The van der Waals surface area contributed by atoms with Crippen LogP contribution in [0.5, 0.6) is 5.75 Å². The van der Waals surface area contributed by atoms with Crippen molar-refractivity contribution in [2.75, 3.05) is 12.8 Å². The normalized spacial score (nSPS) is 9.53. The van der Waals surface area contributed by atoms with E-state index >= 15 is 0 Å². The van der Waals surface area contributed by atoms with E-state index in [0.717, 1.165) is 11.4 Å². The van der Waals surface area contributed by atoms with Crippen LogP contribution in [0.1, 0.15) is 44.7 Å². The Kier molecular flexibility index (Phi) is 5.83. The van der Waals surface area contributed by atoms with Crippen LogP contribution in [-0.4, -0.2) is 7.11 Å². The zero-order valence-corrected chi connectivity index (χ0v) is 10.7. The van der Waals surface area contributed by atoms with Gasteiger partial charge in [0.25, 0.3) is 0 Å². The highest BCUT2D eigenvalue weighted by Crippen LogP contribution is 2.32. The van der Waals surface area contributed by atoms with Crippen LogP contribution in [0.2, 0.25) is 0 Å². The van der Waals surface area contributed by atoms with Gasteiger partial charge in [0.15, 0.2) is 0 Å². The number of anilines is 1. The smallest absolute Gasteiger partial charge is 0.145 e. The highest BCUT2D eigenvalue weighted by molar-refractivity contribution is 5.59. The molecule has 0 bridgehead atoms. The van der Waals surface area contributed by atoms with E-state index in [4.69, 9.17) is 10.5 Å². The molecule has 0 heterocycles. The molecule has 1 rings (SSSR count). The van der Waals surface area contributed by atoms with E-state index in [2.05, 4.69) is 19.9 Å². The SMILES string of the molecule is CC.COc1c(N)cc(C)cc1C(C)C. The number of aryl methyl sites for hydroxylation is 1. The molecule has 1 aromatic rings. The van der Waals surface area contributed by atoms with Gasteiger partial charge in [0.1, 0.15) is 5.75 Å². The maximum Gasteiger partial charge on any atom is 0.145 e. The van der Waals surface area contributed by atoms with E-state index in [-0.39, 0.29) is 0 Å². The maximum atomic E-state index is 5.85. The average Bonchev–Trinajstić information content (AvgIpc) is 2.19. The van der Waals surface area contributed by atoms with E-state index in [1.807, 2.05) is 26.8 Å². The molecule has 2 nitrogen and oxygen atoms in total. The van der Waals surface area contributed by atoms with Crippen LogP contribution in [0, 0.1) is 6.92 Å². The van der Waals surface area contributed by atoms with Crippen LogP contribution in [0.4, 0.5) is 5.69 Å². The van der Waals surface area contributed by atoms with Gasteiger partial charge in [-0.25, -0.2) is 0 Å². The first kappa shape index (κ1) is 13.8. The minimum absolute atomic E-state index is 0.442. The average molecular weight is 209 g/mol. The Bertz CT molecular complexity index is 306. The highest BCUT2D eigenvalue weighted by Gasteiger charge is 2.10. The number of nitrogen functional groups attached to an aromatic ring is 1. The van der Waals surface area contributed by atoms with Gasteiger partial charge in [0, 0.05) is 0 Å². The third kappa shape index (κ3) is 3.46. The second-order valence-corrected chi connectivity index (χ2v) is 3.63. The molecular weight excluding hydrogens is 186 g/mol. The zero-order valence-electron chi connectivity index (χ0n) is 10.7. The Labute approximate surface area is 93.4 Å². The second-order valence-electron chi connectivity index (χ2n) is 3.63. The Morgan fingerprint density at radius 3 is 2.13 bits per heavy atom. The predicted molar refractivity (Wildman–Crippen MR) is 67.6 cm³/mol. The Morgan fingerprint density at radius 1 is 1.20 bits per heavy atom. The lowest BCUT2D eigenvalue weighted by atomic mass is 9.99. The number of nitrogens with two attached hydrogens (primary N) is 1. The summed E-state index contributed by atoms with van der Waals surface area (Å²) in [5.41, 5.74) is 8.94. The molecule has 0 aliphatic carbocycles. The third-order valence-corrected chi connectivity index (χ3v) is 2.12. The van der Waals surface area contributed by atoms with E-state index in [0.29, 0.717) is 5.92 Å². The van der Waals surface area contributed by atoms with Crippen LogP contribution in [0.15, 0.2) is 12.1 Å². The molecule has 2 heteroatoms. The summed E-state index contributed by atoms with van der Waals surface area (Å²) in [6.45, 7) is 10.3. The van der Waals surface area contributed by atoms with Gasteiger partial charge in [-0.3, -0.25) is 0 Å². The molecule has 0 saturated heterocycles. The van der Waals surface area contributed by atoms with Crippen LogP contribution < -0.4 is 10.5 Å². The minimum atomic E-state index is 0.442. The fraction of sp³-hybridized carbons (Fsp3) is 0.538. The van der Waals surface area contributed by atoms with Gasteiger partial charge in [0.2, 0.25) is 0 Å². The summed E-state index contributed by atoms with van der Waals surface area (Å²) in [7, 11) is 1.66. The van der Waals surface area contributed by atoms with Gasteiger partial charge < -0.3 is 10.5 Å². The van der Waals surface area contributed by atoms with Crippen LogP contribution in [0.3, 0.4) is 0 Å². The maximum absolute atomic E-state index is 5.85. The van der Waals surface area contributed by atoms with Gasteiger partial charge in [-0.15, -0.1) is 0 Å². The lowest BCUT2D eigenvalue weighted by Gasteiger charge is -2.14. The fourth-order valence-corrected chi connectivity index (χ4v) is 1.49.